The fourth-order valence-corrected chi connectivity index (χ4v) is 3.62. The first kappa shape index (κ1) is 25.9. The summed E-state index contributed by atoms with van der Waals surface area (Å²) in [7, 11) is 0. The Kier molecular flexibility index (Phi) is 9.32. The third-order valence-electron chi connectivity index (χ3n) is 5.20. The standard InChI is InChI=1S/C26H35BrN2O3/c1-18(2)15-28-25(31)19(3)29(16-20-10-8-7-9-11-20)24(30)17-32-23-13-12-21(14-22(23)27)26(4,5)6/h7-14,18-19H,15-17H2,1-6H3,(H,28,31)/t19-/m1/s1. The van der Waals surface area contributed by atoms with E-state index in [1.165, 1.54) is 5.56 Å². The van der Waals surface area contributed by atoms with E-state index in [0.29, 0.717) is 24.8 Å². The van der Waals surface area contributed by atoms with Crippen molar-refractivity contribution in [1.29, 1.82) is 0 Å². The highest BCUT2D eigenvalue weighted by Crippen LogP contribution is 2.31. The maximum Gasteiger partial charge on any atom is 0.261 e. The van der Waals surface area contributed by atoms with E-state index >= 15 is 0 Å². The van der Waals surface area contributed by atoms with Gasteiger partial charge in [-0.15, -0.1) is 0 Å². The summed E-state index contributed by atoms with van der Waals surface area (Å²) in [5, 5.41) is 2.93. The van der Waals surface area contributed by atoms with Crippen LogP contribution in [-0.2, 0) is 21.5 Å². The van der Waals surface area contributed by atoms with Crippen LogP contribution >= 0.6 is 15.9 Å². The lowest BCUT2D eigenvalue weighted by Gasteiger charge is -2.29. The summed E-state index contributed by atoms with van der Waals surface area (Å²) < 4.78 is 6.64. The number of ether oxygens (including phenoxy) is 1. The van der Waals surface area contributed by atoms with Crippen molar-refractivity contribution in [2.75, 3.05) is 13.2 Å². The third kappa shape index (κ3) is 7.66. The van der Waals surface area contributed by atoms with Crippen molar-refractivity contribution in [3.8, 4) is 5.75 Å². The molecule has 2 aromatic rings. The molecule has 0 saturated carbocycles. The molecule has 0 saturated heterocycles. The molecule has 0 radical (unpaired) electrons. The topological polar surface area (TPSA) is 58.6 Å². The Labute approximate surface area is 200 Å². The van der Waals surface area contributed by atoms with Crippen LogP contribution in [0.25, 0.3) is 0 Å². The summed E-state index contributed by atoms with van der Waals surface area (Å²) >= 11 is 3.55. The number of nitrogens with one attached hydrogen (secondary N) is 1. The minimum atomic E-state index is -0.614. The second kappa shape index (κ2) is 11.5. The number of halogens is 1. The Morgan fingerprint density at radius 1 is 1.06 bits per heavy atom. The van der Waals surface area contributed by atoms with Gasteiger partial charge in [0.2, 0.25) is 5.91 Å². The maximum atomic E-state index is 13.1. The molecule has 5 nitrogen and oxygen atoms in total. The minimum Gasteiger partial charge on any atom is -0.483 e. The lowest BCUT2D eigenvalue weighted by atomic mass is 9.87. The molecule has 0 aliphatic carbocycles. The van der Waals surface area contributed by atoms with E-state index < -0.39 is 6.04 Å². The van der Waals surface area contributed by atoms with Gasteiger partial charge in [-0.3, -0.25) is 9.59 Å². The second-order valence-corrected chi connectivity index (χ2v) is 10.4. The van der Waals surface area contributed by atoms with Gasteiger partial charge in [0.15, 0.2) is 6.61 Å². The molecule has 0 heterocycles. The molecular weight excluding hydrogens is 468 g/mol. The van der Waals surface area contributed by atoms with Gasteiger partial charge in [0, 0.05) is 13.1 Å². The predicted molar refractivity (Wildman–Crippen MR) is 133 cm³/mol. The van der Waals surface area contributed by atoms with E-state index in [1.807, 2.05) is 62.4 Å². The Hall–Kier alpha value is -2.34. The number of carbonyl (C=O) groups is 2. The van der Waals surface area contributed by atoms with Crippen LogP contribution in [0.5, 0.6) is 5.75 Å². The van der Waals surface area contributed by atoms with Gasteiger partial charge in [0.1, 0.15) is 11.8 Å². The largest absolute Gasteiger partial charge is 0.483 e. The SMILES string of the molecule is CC(C)CNC(=O)[C@@H](C)N(Cc1ccccc1)C(=O)COc1ccc(C(C)(C)C)cc1Br. The molecule has 32 heavy (non-hydrogen) atoms. The zero-order chi connectivity index (χ0) is 23.9. The average molecular weight is 503 g/mol. The van der Waals surface area contributed by atoms with Gasteiger partial charge in [-0.05, 0) is 57.4 Å². The molecule has 1 N–H and O–H groups in total. The van der Waals surface area contributed by atoms with E-state index in [9.17, 15) is 9.59 Å². The molecule has 2 rings (SSSR count). The van der Waals surface area contributed by atoms with E-state index in [0.717, 1.165) is 10.0 Å². The van der Waals surface area contributed by atoms with Crippen LogP contribution in [0.3, 0.4) is 0 Å². The van der Waals surface area contributed by atoms with Gasteiger partial charge in [0.25, 0.3) is 5.91 Å². The van der Waals surface area contributed by atoms with Gasteiger partial charge in [-0.2, -0.15) is 0 Å². The second-order valence-electron chi connectivity index (χ2n) is 9.51. The Morgan fingerprint density at radius 3 is 2.28 bits per heavy atom. The number of nitrogens with zero attached hydrogens (tertiary/aromatic N) is 1. The molecule has 0 aliphatic heterocycles. The van der Waals surface area contributed by atoms with Crippen molar-refractivity contribution < 1.29 is 14.3 Å². The Morgan fingerprint density at radius 2 is 1.72 bits per heavy atom. The number of benzene rings is 2. The van der Waals surface area contributed by atoms with Crippen LogP contribution in [0.15, 0.2) is 53.0 Å². The maximum absolute atomic E-state index is 13.1. The lowest BCUT2D eigenvalue weighted by Crippen LogP contribution is -2.49. The molecule has 0 aromatic heterocycles. The highest BCUT2D eigenvalue weighted by molar-refractivity contribution is 9.10. The van der Waals surface area contributed by atoms with Crippen LogP contribution in [-0.4, -0.2) is 35.9 Å². The molecular formula is C26H35BrN2O3. The van der Waals surface area contributed by atoms with Gasteiger partial charge >= 0.3 is 0 Å². The van der Waals surface area contributed by atoms with E-state index in [-0.39, 0.29) is 23.8 Å². The fourth-order valence-electron chi connectivity index (χ4n) is 3.12. The van der Waals surface area contributed by atoms with Crippen molar-refractivity contribution in [3.63, 3.8) is 0 Å². The lowest BCUT2D eigenvalue weighted by molar-refractivity contribution is -0.142. The molecule has 0 aliphatic rings. The van der Waals surface area contributed by atoms with Gasteiger partial charge in [0.05, 0.1) is 4.47 Å². The molecule has 2 amide bonds. The summed E-state index contributed by atoms with van der Waals surface area (Å²) in [6, 6.07) is 14.9. The van der Waals surface area contributed by atoms with E-state index in [2.05, 4.69) is 42.0 Å². The van der Waals surface area contributed by atoms with Crippen LogP contribution in [0, 0.1) is 5.92 Å². The zero-order valence-electron chi connectivity index (χ0n) is 19.9. The molecule has 0 fully saturated rings. The summed E-state index contributed by atoms with van der Waals surface area (Å²) in [6.45, 7) is 13.0. The molecule has 0 spiro atoms. The monoisotopic (exact) mass is 502 g/mol. The first-order valence-electron chi connectivity index (χ1n) is 11.0. The highest BCUT2D eigenvalue weighted by atomic mass is 79.9. The normalized spacial score (nSPS) is 12.4. The number of carbonyl (C=O) groups excluding carboxylic acids is 2. The summed E-state index contributed by atoms with van der Waals surface area (Å²) in [5.74, 6) is 0.524. The molecule has 2 aromatic carbocycles. The van der Waals surface area contributed by atoms with Crippen molar-refractivity contribution in [2.45, 2.75) is 59.5 Å². The van der Waals surface area contributed by atoms with Gasteiger partial charge < -0.3 is 15.0 Å². The highest BCUT2D eigenvalue weighted by Gasteiger charge is 2.27. The minimum absolute atomic E-state index is 0.0160. The third-order valence-corrected chi connectivity index (χ3v) is 5.82. The first-order chi connectivity index (χ1) is 15.0. The zero-order valence-corrected chi connectivity index (χ0v) is 21.5. The number of rotatable bonds is 9. The van der Waals surface area contributed by atoms with Crippen LogP contribution < -0.4 is 10.1 Å². The Balaban J connectivity index is 2.14. The van der Waals surface area contributed by atoms with Gasteiger partial charge in [-0.25, -0.2) is 0 Å². The van der Waals surface area contributed by atoms with Crippen molar-refractivity contribution >= 4 is 27.7 Å². The molecule has 6 heteroatoms. The predicted octanol–water partition coefficient (Wildman–Crippen LogP) is 5.31. The first-order valence-corrected chi connectivity index (χ1v) is 11.8. The number of hydrogen-bond acceptors (Lipinski definition) is 3. The van der Waals surface area contributed by atoms with Crippen LogP contribution in [0.4, 0.5) is 0 Å². The Bertz CT molecular complexity index is 907. The van der Waals surface area contributed by atoms with Crippen LogP contribution in [0.1, 0.15) is 52.7 Å². The van der Waals surface area contributed by atoms with Crippen LogP contribution in [0.2, 0.25) is 0 Å². The summed E-state index contributed by atoms with van der Waals surface area (Å²) in [4.78, 5) is 27.4. The molecule has 1 atom stereocenters. The van der Waals surface area contributed by atoms with E-state index in [1.54, 1.807) is 11.8 Å². The molecule has 174 valence electrons. The smallest absolute Gasteiger partial charge is 0.261 e. The van der Waals surface area contributed by atoms with Gasteiger partial charge in [-0.1, -0.05) is 71.0 Å². The van der Waals surface area contributed by atoms with Crippen molar-refractivity contribution in [1.82, 2.24) is 10.2 Å². The van der Waals surface area contributed by atoms with E-state index in [4.69, 9.17) is 4.74 Å². The summed E-state index contributed by atoms with van der Waals surface area (Å²) in [6.07, 6.45) is 0. The average Bonchev–Trinajstić information content (AvgIpc) is 2.74. The quantitative estimate of drug-likeness (QED) is 0.504. The van der Waals surface area contributed by atoms with Crippen molar-refractivity contribution in [3.05, 3.63) is 64.1 Å². The molecule has 0 bridgehead atoms. The fraction of sp³-hybridized carbons (Fsp3) is 0.462. The molecule has 0 unspecified atom stereocenters. The number of amides is 2. The number of hydrogen-bond donors (Lipinski definition) is 1. The summed E-state index contributed by atoms with van der Waals surface area (Å²) in [5.41, 5.74) is 2.14. The van der Waals surface area contributed by atoms with Crippen molar-refractivity contribution in [2.24, 2.45) is 5.92 Å².